The van der Waals surface area contributed by atoms with Crippen LogP contribution in [-0.4, -0.2) is 0 Å². The maximum Gasteiger partial charge on any atom is 0.126 e. The highest BCUT2D eigenvalue weighted by Crippen LogP contribution is 2.13. The molecule has 10 heavy (non-hydrogen) atoms. The molecule has 2 heteroatoms. The van der Waals surface area contributed by atoms with Crippen molar-refractivity contribution in [2.45, 2.75) is 6.92 Å². The predicted molar refractivity (Wildman–Crippen MR) is 38.8 cm³/mol. The molecule has 0 aliphatic rings. The normalized spacial score (nSPS) is 11.3. The summed E-state index contributed by atoms with van der Waals surface area (Å²) in [7, 11) is 0. The molecule has 1 nitrogen and oxygen atoms in total. The van der Waals surface area contributed by atoms with E-state index in [1.807, 2.05) is 0 Å². The van der Waals surface area contributed by atoms with Crippen LogP contribution < -0.4 is 0 Å². The topological polar surface area (TPSA) is 23.8 Å². The van der Waals surface area contributed by atoms with E-state index in [9.17, 15) is 4.39 Å². The van der Waals surface area contributed by atoms with Crippen LogP contribution in [0, 0.1) is 11.3 Å². The van der Waals surface area contributed by atoms with E-state index in [-0.39, 0.29) is 11.1 Å². The molecule has 0 aromatic rings. The van der Waals surface area contributed by atoms with E-state index in [4.69, 9.17) is 5.26 Å². The van der Waals surface area contributed by atoms with Crippen molar-refractivity contribution in [3.8, 4) is 6.07 Å². The molecular formula is C8H8FN. The second-order valence-corrected chi connectivity index (χ2v) is 1.77. The number of nitriles is 1. The van der Waals surface area contributed by atoms with Gasteiger partial charge in [-0.05, 0) is 13.0 Å². The largest absolute Gasteiger partial charge is 0.207 e. The Hall–Kier alpha value is -1.36. The summed E-state index contributed by atoms with van der Waals surface area (Å²) in [5, 5.41) is 8.26. The van der Waals surface area contributed by atoms with Crippen molar-refractivity contribution in [3.05, 3.63) is 36.2 Å². The number of hydrogen-bond donors (Lipinski definition) is 0. The maximum absolute atomic E-state index is 12.5. The summed E-state index contributed by atoms with van der Waals surface area (Å²) in [5.41, 5.74) is 0.384. The lowest BCUT2D eigenvalue weighted by atomic mass is 10.1. The minimum Gasteiger partial charge on any atom is -0.207 e. The van der Waals surface area contributed by atoms with E-state index in [0.717, 1.165) is 6.08 Å². The minimum absolute atomic E-state index is 0.136. The van der Waals surface area contributed by atoms with Crippen LogP contribution >= 0.6 is 0 Å². The lowest BCUT2D eigenvalue weighted by molar-refractivity contribution is 0.658. The summed E-state index contributed by atoms with van der Waals surface area (Å²) in [4.78, 5) is 0. The van der Waals surface area contributed by atoms with Crippen LogP contribution in [0.4, 0.5) is 4.39 Å². The van der Waals surface area contributed by atoms with Crippen LogP contribution in [0.2, 0.25) is 0 Å². The summed E-state index contributed by atoms with van der Waals surface area (Å²) in [6.45, 7) is 8.04. The van der Waals surface area contributed by atoms with Crippen molar-refractivity contribution in [1.82, 2.24) is 0 Å². The van der Waals surface area contributed by atoms with E-state index >= 15 is 0 Å². The molecule has 0 rings (SSSR count). The van der Waals surface area contributed by atoms with Gasteiger partial charge in [0.15, 0.2) is 0 Å². The molecule has 0 saturated carbocycles. The van der Waals surface area contributed by atoms with Gasteiger partial charge < -0.3 is 0 Å². The first-order chi connectivity index (χ1) is 4.63. The van der Waals surface area contributed by atoms with Crippen LogP contribution in [0.3, 0.4) is 0 Å². The maximum atomic E-state index is 12.5. The molecule has 0 aliphatic heterocycles. The Morgan fingerprint density at radius 3 is 2.50 bits per heavy atom. The zero-order chi connectivity index (χ0) is 8.15. The molecule has 0 fully saturated rings. The second kappa shape index (κ2) is 3.62. The van der Waals surface area contributed by atoms with E-state index in [0.29, 0.717) is 0 Å². The quantitative estimate of drug-likeness (QED) is 0.423. The molecule has 0 bridgehead atoms. The van der Waals surface area contributed by atoms with E-state index in [2.05, 4.69) is 13.2 Å². The van der Waals surface area contributed by atoms with Gasteiger partial charge in [-0.25, -0.2) is 4.39 Å². The molecular weight excluding hydrogens is 129 g/mol. The van der Waals surface area contributed by atoms with Gasteiger partial charge in [-0.3, -0.25) is 0 Å². The summed E-state index contributed by atoms with van der Waals surface area (Å²) in [6, 6.07) is 1.74. The Bertz CT molecular complexity index is 230. The molecule has 0 aromatic heterocycles. The minimum atomic E-state index is -0.494. The van der Waals surface area contributed by atoms with Crippen LogP contribution in [0.5, 0.6) is 0 Å². The molecule has 0 spiro atoms. The molecule has 0 saturated heterocycles. The van der Waals surface area contributed by atoms with Gasteiger partial charge in [-0.15, -0.1) is 0 Å². The van der Waals surface area contributed by atoms with Crippen LogP contribution in [0.15, 0.2) is 36.2 Å². The Balaban J connectivity index is 4.67. The van der Waals surface area contributed by atoms with Gasteiger partial charge in [-0.2, -0.15) is 5.26 Å². The van der Waals surface area contributed by atoms with Crippen molar-refractivity contribution in [1.29, 1.82) is 5.26 Å². The van der Waals surface area contributed by atoms with Crippen LogP contribution in [0.25, 0.3) is 0 Å². The van der Waals surface area contributed by atoms with Crippen molar-refractivity contribution < 1.29 is 4.39 Å². The van der Waals surface area contributed by atoms with Gasteiger partial charge in [0.25, 0.3) is 0 Å². The first-order valence-corrected chi connectivity index (χ1v) is 2.71. The zero-order valence-electron chi connectivity index (χ0n) is 5.82. The standard InChI is InChI=1S/C8H8FN/c1-4-8(9)7(3)6(2)5-10/h4H,1-2H2,3H3/b8-7+. The molecule has 0 unspecified atom stereocenters. The summed E-state index contributed by atoms with van der Waals surface area (Å²) in [5.74, 6) is -0.494. The Morgan fingerprint density at radius 1 is 1.70 bits per heavy atom. The number of hydrogen-bond acceptors (Lipinski definition) is 1. The first-order valence-electron chi connectivity index (χ1n) is 2.71. The van der Waals surface area contributed by atoms with E-state index < -0.39 is 5.83 Å². The molecule has 52 valence electrons. The monoisotopic (exact) mass is 137 g/mol. The van der Waals surface area contributed by atoms with Gasteiger partial charge in [0, 0.05) is 5.57 Å². The van der Waals surface area contributed by atoms with Crippen LogP contribution in [0.1, 0.15) is 6.92 Å². The third kappa shape index (κ3) is 1.87. The molecule has 0 atom stereocenters. The summed E-state index contributed by atoms with van der Waals surface area (Å²) >= 11 is 0. The molecule has 0 radical (unpaired) electrons. The molecule has 0 N–H and O–H groups in total. The van der Waals surface area contributed by atoms with Gasteiger partial charge in [0.05, 0.1) is 11.6 Å². The van der Waals surface area contributed by atoms with Crippen molar-refractivity contribution in [2.75, 3.05) is 0 Å². The Kier molecular flexibility index (Phi) is 3.13. The highest BCUT2D eigenvalue weighted by atomic mass is 19.1. The van der Waals surface area contributed by atoms with Crippen molar-refractivity contribution >= 4 is 0 Å². The highest BCUT2D eigenvalue weighted by Gasteiger charge is 1.99. The molecule has 0 heterocycles. The van der Waals surface area contributed by atoms with Crippen LogP contribution in [-0.2, 0) is 0 Å². The number of rotatable bonds is 2. The first kappa shape index (κ1) is 8.64. The lowest BCUT2D eigenvalue weighted by Crippen LogP contribution is -1.81. The SMILES string of the molecule is C=C/C(F)=C(/C)C(=C)C#N. The van der Waals surface area contributed by atoms with Gasteiger partial charge in [0.1, 0.15) is 5.83 Å². The fraction of sp³-hybridized carbons (Fsp3) is 0.125. The van der Waals surface area contributed by atoms with Crippen molar-refractivity contribution in [3.63, 3.8) is 0 Å². The van der Waals surface area contributed by atoms with Gasteiger partial charge in [-0.1, -0.05) is 13.2 Å². The fourth-order valence-electron chi connectivity index (χ4n) is 0.381. The summed E-state index contributed by atoms with van der Waals surface area (Å²) in [6.07, 6.45) is 1.05. The number of halogens is 1. The summed E-state index contributed by atoms with van der Waals surface area (Å²) < 4.78 is 12.5. The smallest absolute Gasteiger partial charge is 0.126 e. The Morgan fingerprint density at radius 2 is 2.20 bits per heavy atom. The average Bonchev–Trinajstić information content (AvgIpc) is 2.00. The van der Waals surface area contributed by atoms with Gasteiger partial charge in [0.2, 0.25) is 0 Å². The molecule has 0 amide bonds. The average molecular weight is 137 g/mol. The highest BCUT2D eigenvalue weighted by molar-refractivity contribution is 5.41. The molecule has 0 aromatic carbocycles. The predicted octanol–water partition coefficient (Wildman–Crippen LogP) is 2.50. The van der Waals surface area contributed by atoms with E-state index in [1.54, 1.807) is 6.07 Å². The number of allylic oxidation sites excluding steroid dienone is 4. The Labute approximate surface area is 59.8 Å². The number of nitrogens with zero attached hydrogens (tertiary/aromatic N) is 1. The van der Waals surface area contributed by atoms with Crippen molar-refractivity contribution in [2.24, 2.45) is 0 Å². The second-order valence-electron chi connectivity index (χ2n) is 1.77. The van der Waals surface area contributed by atoms with E-state index in [1.165, 1.54) is 6.92 Å². The third-order valence-corrected chi connectivity index (χ3v) is 1.13. The third-order valence-electron chi connectivity index (χ3n) is 1.13. The zero-order valence-corrected chi connectivity index (χ0v) is 5.82. The molecule has 0 aliphatic carbocycles. The lowest BCUT2D eigenvalue weighted by Gasteiger charge is -1.94. The van der Waals surface area contributed by atoms with Gasteiger partial charge >= 0.3 is 0 Å². The fourth-order valence-corrected chi connectivity index (χ4v) is 0.381.